The second-order valence-corrected chi connectivity index (χ2v) is 6.60. The standard InChI is InChI=1S/C19H19ClN4O3/c1-10-17(11(2)24(4)23-10)22-18(25)12(3)27-19(26)14-9-16(20)21-15-8-6-5-7-13(14)15/h5-9,12H,1-4H3,(H,22,25)/t12-/m1/s1. The highest BCUT2D eigenvalue weighted by Gasteiger charge is 2.23. The molecule has 0 saturated heterocycles. The van der Waals surface area contributed by atoms with Crippen LogP contribution in [0.3, 0.4) is 0 Å². The normalized spacial score (nSPS) is 12.0. The molecule has 8 heteroatoms. The van der Waals surface area contributed by atoms with Gasteiger partial charge in [0, 0.05) is 12.4 Å². The Morgan fingerprint density at radius 2 is 1.96 bits per heavy atom. The van der Waals surface area contributed by atoms with Crippen molar-refractivity contribution in [3.05, 3.63) is 52.4 Å². The van der Waals surface area contributed by atoms with E-state index < -0.39 is 18.0 Å². The van der Waals surface area contributed by atoms with Crippen LogP contribution in [0.4, 0.5) is 5.69 Å². The van der Waals surface area contributed by atoms with Crippen LogP contribution < -0.4 is 5.32 Å². The molecule has 2 heterocycles. The van der Waals surface area contributed by atoms with Crippen LogP contribution in [-0.4, -0.2) is 32.7 Å². The first-order valence-corrected chi connectivity index (χ1v) is 8.73. The third-order valence-corrected chi connectivity index (χ3v) is 4.51. The third kappa shape index (κ3) is 3.78. The average molecular weight is 387 g/mol. The van der Waals surface area contributed by atoms with Crippen molar-refractivity contribution >= 4 is 40.1 Å². The van der Waals surface area contributed by atoms with E-state index in [9.17, 15) is 9.59 Å². The summed E-state index contributed by atoms with van der Waals surface area (Å²) in [6.45, 7) is 5.15. The van der Waals surface area contributed by atoms with Gasteiger partial charge in [0.15, 0.2) is 6.10 Å². The Labute approximate surface area is 161 Å². The van der Waals surface area contributed by atoms with Gasteiger partial charge in [-0.15, -0.1) is 0 Å². The minimum atomic E-state index is -0.998. The van der Waals surface area contributed by atoms with Crippen LogP contribution in [0.25, 0.3) is 10.9 Å². The van der Waals surface area contributed by atoms with E-state index in [0.717, 1.165) is 5.69 Å². The van der Waals surface area contributed by atoms with Gasteiger partial charge in [0.2, 0.25) is 0 Å². The molecular weight excluding hydrogens is 368 g/mol. The summed E-state index contributed by atoms with van der Waals surface area (Å²) in [4.78, 5) is 29.3. The maximum atomic E-state index is 12.6. The Morgan fingerprint density at radius 3 is 2.63 bits per heavy atom. The van der Waals surface area contributed by atoms with Gasteiger partial charge in [-0.05, 0) is 32.9 Å². The molecule has 140 valence electrons. The number of pyridine rings is 1. The summed E-state index contributed by atoms with van der Waals surface area (Å²) < 4.78 is 7.03. The largest absolute Gasteiger partial charge is 0.449 e. The molecule has 1 N–H and O–H groups in total. The summed E-state index contributed by atoms with van der Waals surface area (Å²) >= 11 is 6.00. The summed E-state index contributed by atoms with van der Waals surface area (Å²) in [6.07, 6.45) is -0.998. The number of carbonyl (C=O) groups is 2. The number of ether oxygens (including phenoxy) is 1. The number of benzene rings is 1. The van der Waals surface area contributed by atoms with E-state index in [1.165, 1.54) is 13.0 Å². The number of aromatic nitrogens is 3. The number of rotatable bonds is 4. The Bertz CT molecular complexity index is 1040. The van der Waals surface area contributed by atoms with E-state index in [1.54, 1.807) is 42.9 Å². The first-order chi connectivity index (χ1) is 12.8. The molecule has 7 nitrogen and oxygen atoms in total. The van der Waals surface area contributed by atoms with Gasteiger partial charge in [-0.1, -0.05) is 29.8 Å². The van der Waals surface area contributed by atoms with Gasteiger partial charge in [0.05, 0.1) is 28.2 Å². The first kappa shape index (κ1) is 18.8. The van der Waals surface area contributed by atoms with Crippen molar-refractivity contribution in [3.8, 4) is 0 Å². The zero-order valence-corrected chi connectivity index (χ0v) is 16.2. The Hall–Kier alpha value is -2.93. The third-order valence-electron chi connectivity index (χ3n) is 4.32. The number of para-hydroxylation sites is 1. The molecular formula is C19H19ClN4O3. The number of nitrogens with zero attached hydrogens (tertiary/aromatic N) is 3. The summed E-state index contributed by atoms with van der Waals surface area (Å²) in [6, 6.07) is 8.53. The average Bonchev–Trinajstić information content (AvgIpc) is 2.86. The summed E-state index contributed by atoms with van der Waals surface area (Å²) in [5.74, 6) is -1.08. The minimum Gasteiger partial charge on any atom is -0.449 e. The van der Waals surface area contributed by atoms with Crippen molar-refractivity contribution in [2.45, 2.75) is 26.9 Å². The number of fused-ring (bicyclic) bond motifs is 1. The lowest BCUT2D eigenvalue weighted by Crippen LogP contribution is -2.30. The van der Waals surface area contributed by atoms with Gasteiger partial charge in [-0.25, -0.2) is 9.78 Å². The number of nitrogens with one attached hydrogen (secondary N) is 1. The highest BCUT2D eigenvalue weighted by atomic mass is 35.5. The predicted molar refractivity (Wildman–Crippen MR) is 103 cm³/mol. The van der Waals surface area contributed by atoms with Gasteiger partial charge >= 0.3 is 5.97 Å². The van der Waals surface area contributed by atoms with Crippen molar-refractivity contribution < 1.29 is 14.3 Å². The number of anilines is 1. The van der Waals surface area contributed by atoms with Crippen LogP contribution in [-0.2, 0) is 16.6 Å². The van der Waals surface area contributed by atoms with E-state index in [-0.39, 0.29) is 10.7 Å². The molecule has 3 aromatic rings. The number of halogens is 1. The van der Waals surface area contributed by atoms with Crippen LogP contribution in [0.2, 0.25) is 5.15 Å². The number of hydrogen-bond acceptors (Lipinski definition) is 5. The number of esters is 1. The molecule has 0 spiro atoms. The monoisotopic (exact) mass is 386 g/mol. The summed E-state index contributed by atoms with van der Waals surface area (Å²) in [7, 11) is 1.79. The van der Waals surface area contributed by atoms with E-state index >= 15 is 0 Å². The quantitative estimate of drug-likeness (QED) is 0.548. The Morgan fingerprint density at radius 1 is 1.26 bits per heavy atom. The molecule has 0 aliphatic heterocycles. The first-order valence-electron chi connectivity index (χ1n) is 8.35. The molecule has 1 amide bonds. The van der Waals surface area contributed by atoms with Gasteiger partial charge in [-0.3, -0.25) is 9.48 Å². The van der Waals surface area contributed by atoms with Crippen molar-refractivity contribution in [1.82, 2.24) is 14.8 Å². The highest BCUT2D eigenvalue weighted by molar-refractivity contribution is 6.30. The topological polar surface area (TPSA) is 86.1 Å². The molecule has 3 rings (SSSR count). The molecule has 0 bridgehead atoms. The lowest BCUT2D eigenvalue weighted by molar-refractivity contribution is -0.123. The molecule has 27 heavy (non-hydrogen) atoms. The second kappa shape index (κ2) is 7.36. The fraction of sp³-hybridized carbons (Fsp3) is 0.263. The van der Waals surface area contributed by atoms with Gasteiger partial charge in [0.1, 0.15) is 5.15 Å². The SMILES string of the molecule is Cc1nn(C)c(C)c1NC(=O)[C@@H](C)OC(=O)c1cc(Cl)nc2ccccc12. The van der Waals surface area contributed by atoms with Gasteiger partial charge < -0.3 is 10.1 Å². The van der Waals surface area contributed by atoms with Crippen molar-refractivity contribution in [1.29, 1.82) is 0 Å². The fourth-order valence-corrected chi connectivity index (χ4v) is 2.97. The van der Waals surface area contributed by atoms with Crippen LogP contribution in [0.15, 0.2) is 30.3 Å². The van der Waals surface area contributed by atoms with Crippen molar-refractivity contribution in [2.75, 3.05) is 5.32 Å². The fourth-order valence-electron chi connectivity index (χ4n) is 2.77. The van der Waals surface area contributed by atoms with E-state index in [4.69, 9.17) is 16.3 Å². The summed E-state index contributed by atoms with van der Waals surface area (Å²) in [5, 5.41) is 7.80. The van der Waals surface area contributed by atoms with Gasteiger partial charge in [-0.2, -0.15) is 5.10 Å². The Balaban J connectivity index is 1.79. The molecule has 1 atom stereocenters. The number of amides is 1. The lowest BCUT2D eigenvalue weighted by Gasteiger charge is -2.14. The van der Waals surface area contributed by atoms with E-state index in [0.29, 0.717) is 22.3 Å². The van der Waals surface area contributed by atoms with Crippen molar-refractivity contribution in [2.24, 2.45) is 7.05 Å². The summed E-state index contributed by atoms with van der Waals surface area (Å²) in [5.41, 5.74) is 2.96. The van der Waals surface area contributed by atoms with E-state index in [1.807, 2.05) is 6.92 Å². The van der Waals surface area contributed by atoms with Crippen LogP contribution in [0.1, 0.15) is 28.7 Å². The van der Waals surface area contributed by atoms with Crippen LogP contribution in [0.5, 0.6) is 0 Å². The molecule has 2 aromatic heterocycles. The number of hydrogen-bond donors (Lipinski definition) is 1. The molecule has 0 saturated carbocycles. The molecule has 0 unspecified atom stereocenters. The molecule has 0 fully saturated rings. The second-order valence-electron chi connectivity index (χ2n) is 6.22. The molecule has 0 aliphatic carbocycles. The molecule has 0 aliphatic rings. The lowest BCUT2D eigenvalue weighted by atomic mass is 10.1. The van der Waals surface area contributed by atoms with Crippen LogP contribution >= 0.6 is 11.6 Å². The Kier molecular flexibility index (Phi) is 5.14. The minimum absolute atomic E-state index is 0.180. The van der Waals surface area contributed by atoms with Crippen molar-refractivity contribution in [3.63, 3.8) is 0 Å². The zero-order chi connectivity index (χ0) is 19.7. The molecule has 0 radical (unpaired) electrons. The zero-order valence-electron chi connectivity index (χ0n) is 15.4. The molecule has 1 aromatic carbocycles. The maximum absolute atomic E-state index is 12.6. The van der Waals surface area contributed by atoms with Gasteiger partial charge in [0.25, 0.3) is 5.91 Å². The predicted octanol–water partition coefficient (Wildman–Crippen LogP) is 3.42. The maximum Gasteiger partial charge on any atom is 0.339 e. The van der Waals surface area contributed by atoms with E-state index in [2.05, 4.69) is 15.4 Å². The highest BCUT2D eigenvalue weighted by Crippen LogP contribution is 2.23. The number of aryl methyl sites for hydroxylation is 2. The number of carbonyl (C=O) groups excluding carboxylic acids is 2. The van der Waals surface area contributed by atoms with Crippen LogP contribution in [0, 0.1) is 13.8 Å². The smallest absolute Gasteiger partial charge is 0.339 e.